The molecule has 2 aromatic rings. The number of thiazole rings is 1. The molecular weight excluding hydrogens is 332 g/mol. The highest BCUT2D eigenvalue weighted by molar-refractivity contribution is 7.09. The lowest BCUT2D eigenvalue weighted by molar-refractivity contribution is 0.0995. The average molecular weight is 353 g/mol. The van der Waals surface area contributed by atoms with Crippen molar-refractivity contribution in [2.75, 3.05) is 7.11 Å². The summed E-state index contributed by atoms with van der Waals surface area (Å²) in [4.78, 5) is 18.7. The maximum Gasteiger partial charge on any atom is 0.283 e. The van der Waals surface area contributed by atoms with Crippen molar-refractivity contribution in [3.8, 4) is 5.75 Å². The van der Waals surface area contributed by atoms with Crippen molar-refractivity contribution in [1.29, 1.82) is 0 Å². The van der Waals surface area contributed by atoms with Crippen molar-refractivity contribution in [2.24, 2.45) is 12.0 Å². The Labute approximate surface area is 145 Å². The number of halogens is 1. The number of ether oxygens (including phenoxy) is 1. The Morgan fingerprint density at radius 3 is 2.52 bits per heavy atom. The Kier molecular flexibility index (Phi) is 5.01. The van der Waals surface area contributed by atoms with Gasteiger partial charge in [-0.05, 0) is 30.5 Å². The van der Waals surface area contributed by atoms with Crippen LogP contribution in [0, 0.1) is 6.92 Å². The van der Waals surface area contributed by atoms with E-state index in [2.05, 4.69) is 25.8 Å². The molecular formula is C17H21ClN2O2S. The largest absolute Gasteiger partial charge is 0.496 e. The van der Waals surface area contributed by atoms with E-state index in [1.165, 1.54) is 23.3 Å². The SMILES string of the molecule is COc1ccc(Cl)cc1C(=O)/N=c1\sc(C(C)(C)C)c(C)n1C. The number of nitrogens with zero attached hydrogens (tertiary/aromatic N) is 2. The van der Waals surface area contributed by atoms with Crippen molar-refractivity contribution in [3.63, 3.8) is 0 Å². The third kappa shape index (κ3) is 3.67. The van der Waals surface area contributed by atoms with E-state index >= 15 is 0 Å². The zero-order valence-electron chi connectivity index (χ0n) is 14.2. The van der Waals surface area contributed by atoms with Crippen molar-refractivity contribution in [3.05, 3.63) is 44.2 Å². The molecule has 1 aromatic heterocycles. The van der Waals surface area contributed by atoms with Crippen LogP contribution in [0.25, 0.3) is 0 Å². The first-order valence-corrected chi connectivity index (χ1v) is 8.44. The number of methoxy groups -OCH3 is 1. The Bertz CT molecular complexity index is 813. The zero-order valence-corrected chi connectivity index (χ0v) is 15.8. The Morgan fingerprint density at radius 1 is 1.35 bits per heavy atom. The van der Waals surface area contributed by atoms with Crippen LogP contribution in [0.4, 0.5) is 0 Å². The molecule has 0 bridgehead atoms. The quantitative estimate of drug-likeness (QED) is 0.816. The van der Waals surface area contributed by atoms with Gasteiger partial charge in [0.25, 0.3) is 5.91 Å². The van der Waals surface area contributed by atoms with Gasteiger partial charge in [-0.1, -0.05) is 32.4 Å². The van der Waals surface area contributed by atoms with Crippen molar-refractivity contribution in [2.45, 2.75) is 33.1 Å². The molecule has 23 heavy (non-hydrogen) atoms. The van der Waals surface area contributed by atoms with Crippen LogP contribution < -0.4 is 9.54 Å². The Morgan fingerprint density at radius 2 is 2.00 bits per heavy atom. The second kappa shape index (κ2) is 6.49. The van der Waals surface area contributed by atoms with E-state index in [1.54, 1.807) is 18.2 Å². The van der Waals surface area contributed by atoms with Crippen LogP contribution in [0.5, 0.6) is 5.75 Å². The number of amides is 1. The molecule has 124 valence electrons. The van der Waals surface area contributed by atoms with Crippen LogP contribution in [0.2, 0.25) is 5.02 Å². The first kappa shape index (κ1) is 17.8. The lowest BCUT2D eigenvalue weighted by Gasteiger charge is -2.17. The van der Waals surface area contributed by atoms with E-state index in [0.29, 0.717) is 21.1 Å². The molecule has 1 heterocycles. The third-order valence-electron chi connectivity index (χ3n) is 3.58. The predicted octanol–water partition coefficient (Wildman–Crippen LogP) is 4.10. The van der Waals surface area contributed by atoms with Crippen molar-refractivity contribution < 1.29 is 9.53 Å². The highest BCUT2D eigenvalue weighted by Gasteiger charge is 2.21. The number of carbonyl (C=O) groups excluding carboxylic acids is 1. The van der Waals surface area contributed by atoms with Crippen LogP contribution >= 0.6 is 22.9 Å². The summed E-state index contributed by atoms with van der Waals surface area (Å²) in [7, 11) is 3.44. The van der Waals surface area contributed by atoms with Gasteiger partial charge >= 0.3 is 0 Å². The molecule has 0 aliphatic carbocycles. The first-order chi connectivity index (χ1) is 10.6. The minimum atomic E-state index is -0.360. The van der Waals surface area contributed by atoms with Gasteiger partial charge in [0, 0.05) is 22.6 Å². The topological polar surface area (TPSA) is 43.6 Å². The van der Waals surface area contributed by atoms with Gasteiger partial charge in [-0.25, -0.2) is 0 Å². The van der Waals surface area contributed by atoms with E-state index in [-0.39, 0.29) is 11.3 Å². The molecule has 6 heteroatoms. The van der Waals surface area contributed by atoms with Gasteiger partial charge in [-0.3, -0.25) is 4.79 Å². The van der Waals surface area contributed by atoms with Crippen LogP contribution in [0.1, 0.15) is 41.7 Å². The minimum Gasteiger partial charge on any atom is -0.496 e. The second-order valence-corrected chi connectivity index (χ2v) is 7.78. The highest BCUT2D eigenvalue weighted by atomic mass is 35.5. The van der Waals surface area contributed by atoms with Crippen molar-refractivity contribution in [1.82, 2.24) is 4.57 Å². The van der Waals surface area contributed by atoms with Gasteiger partial charge in [0.15, 0.2) is 4.80 Å². The van der Waals surface area contributed by atoms with Gasteiger partial charge in [0.2, 0.25) is 0 Å². The normalized spacial score (nSPS) is 12.6. The van der Waals surface area contributed by atoms with Crippen LogP contribution in [0.3, 0.4) is 0 Å². The minimum absolute atomic E-state index is 0.0110. The lowest BCUT2D eigenvalue weighted by atomic mass is 9.93. The molecule has 4 nitrogen and oxygen atoms in total. The number of hydrogen-bond acceptors (Lipinski definition) is 3. The lowest BCUT2D eigenvalue weighted by Crippen LogP contribution is -2.15. The second-order valence-electron chi connectivity index (χ2n) is 6.37. The molecule has 0 atom stereocenters. The number of carbonyl (C=O) groups is 1. The molecule has 0 fully saturated rings. The zero-order chi connectivity index (χ0) is 17.4. The van der Waals surface area contributed by atoms with Crippen LogP contribution in [0.15, 0.2) is 23.2 Å². The summed E-state index contributed by atoms with van der Waals surface area (Å²) in [6, 6.07) is 4.94. The Balaban J connectivity index is 2.55. The standard InChI is InChI=1S/C17H21ClN2O2S/c1-10-14(17(2,3)4)23-16(20(10)5)19-15(21)12-9-11(18)7-8-13(12)22-6/h7-9H,1-6H3/b19-16-. The molecule has 0 saturated heterocycles. The van der Waals surface area contributed by atoms with E-state index in [1.807, 2.05) is 18.5 Å². The number of aromatic nitrogens is 1. The van der Waals surface area contributed by atoms with Gasteiger partial charge in [0.1, 0.15) is 5.75 Å². The summed E-state index contributed by atoms with van der Waals surface area (Å²) in [5.74, 6) is 0.108. The van der Waals surface area contributed by atoms with Crippen LogP contribution in [-0.2, 0) is 12.5 Å². The predicted molar refractivity (Wildman–Crippen MR) is 94.6 cm³/mol. The fraction of sp³-hybridized carbons (Fsp3) is 0.412. The molecule has 0 unspecified atom stereocenters. The summed E-state index contributed by atoms with van der Waals surface area (Å²) in [6.45, 7) is 8.49. The number of benzene rings is 1. The molecule has 1 aromatic carbocycles. The van der Waals surface area contributed by atoms with Gasteiger partial charge in [-0.15, -0.1) is 11.3 Å². The third-order valence-corrected chi connectivity index (χ3v) is 5.48. The monoisotopic (exact) mass is 352 g/mol. The summed E-state index contributed by atoms with van der Waals surface area (Å²) >= 11 is 7.52. The van der Waals surface area contributed by atoms with E-state index < -0.39 is 0 Å². The van der Waals surface area contributed by atoms with Gasteiger partial charge in [0.05, 0.1) is 12.7 Å². The summed E-state index contributed by atoms with van der Waals surface area (Å²) in [6.07, 6.45) is 0. The average Bonchev–Trinajstić information content (AvgIpc) is 2.75. The molecule has 2 rings (SSSR count). The molecule has 0 aliphatic heterocycles. The maximum absolute atomic E-state index is 12.6. The van der Waals surface area contributed by atoms with Crippen LogP contribution in [-0.4, -0.2) is 17.6 Å². The van der Waals surface area contributed by atoms with E-state index in [0.717, 1.165) is 5.69 Å². The highest BCUT2D eigenvalue weighted by Crippen LogP contribution is 2.28. The fourth-order valence-electron chi connectivity index (χ4n) is 2.32. The van der Waals surface area contributed by atoms with E-state index in [9.17, 15) is 4.79 Å². The van der Waals surface area contributed by atoms with E-state index in [4.69, 9.17) is 16.3 Å². The van der Waals surface area contributed by atoms with Gasteiger partial charge in [-0.2, -0.15) is 4.99 Å². The van der Waals surface area contributed by atoms with Crippen molar-refractivity contribution >= 4 is 28.8 Å². The molecule has 1 amide bonds. The first-order valence-electron chi connectivity index (χ1n) is 7.24. The summed E-state index contributed by atoms with van der Waals surface area (Å²) < 4.78 is 7.17. The smallest absolute Gasteiger partial charge is 0.283 e. The fourth-order valence-corrected chi connectivity index (χ4v) is 3.67. The number of rotatable bonds is 2. The molecule has 0 spiro atoms. The molecule has 0 radical (unpaired) electrons. The maximum atomic E-state index is 12.6. The summed E-state index contributed by atoms with van der Waals surface area (Å²) in [5.41, 5.74) is 1.49. The molecule has 0 saturated carbocycles. The molecule has 0 aliphatic rings. The van der Waals surface area contributed by atoms with Gasteiger partial charge < -0.3 is 9.30 Å². The number of hydrogen-bond donors (Lipinski definition) is 0. The Hall–Kier alpha value is -1.59. The summed E-state index contributed by atoms with van der Waals surface area (Å²) in [5, 5.41) is 0.478. The molecule has 0 N–H and O–H groups in total.